The molecule has 58 valence electrons. The Labute approximate surface area is 65.7 Å². The summed E-state index contributed by atoms with van der Waals surface area (Å²) in [7, 11) is 0. The maximum atomic E-state index is 10.3. The van der Waals surface area contributed by atoms with E-state index in [0.717, 1.165) is 31.5 Å². The van der Waals surface area contributed by atoms with Crippen LogP contribution in [-0.4, -0.2) is 12.8 Å². The lowest BCUT2D eigenvalue weighted by Crippen LogP contribution is -2.21. The van der Waals surface area contributed by atoms with Gasteiger partial charge in [0.2, 0.25) is 0 Å². The summed E-state index contributed by atoms with van der Waals surface area (Å²) in [5.74, 6) is 0. The van der Waals surface area contributed by atoms with Crippen LogP contribution in [0.3, 0.4) is 0 Å². The van der Waals surface area contributed by atoms with Crippen molar-refractivity contribution in [1.29, 1.82) is 5.26 Å². The van der Waals surface area contributed by atoms with Crippen molar-refractivity contribution in [2.75, 3.05) is 6.54 Å². The molecule has 0 atom stereocenters. The van der Waals surface area contributed by atoms with E-state index >= 15 is 0 Å². The Kier molecular flexibility index (Phi) is 2.67. The van der Waals surface area contributed by atoms with Gasteiger partial charge in [0.25, 0.3) is 0 Å². The van der Waals surface area contributed by atoms with Gasteiger partial charge in [-0.05, 0) is 19.3 Å². The van der Waals surface area contributed by atoms with Gasteiger partial charge in [-0.2, -0.15) is 5.26 Å². The number of allylic oxidation sites excluding steroid dienone is 2. The molecule has 1 fully saturated rings. The number of nitrogens with one attached hydrogen (secondary N) is 1. The molecule has 0 bridgehead atoms. The minimum absolute atomic E-state index is 0.254. The highest BCUT2D eigenvalue weighted by Crippen LogP contribution is 2.12. The van der Waals surface area contributed by atoms with Crippen molar-refractivity contribution in [1.82, 2.24) is 5.32 Å². The van der Waals surface area contributed by atoms with E-state index in [0.29, 0.717) is 6.29 Å². The van der Waals surface area contributed by atoms with Gasteiger partial charge in [-0.15, -0.1) is 0 Å². The molecule has 0 aliphatic carbocycles. The summed E-state index contributed by atoms with van der Waals surface area (Å²) in [4.78, 5) is 10.3. The van der Waals surface area contributed by atoms with Crippen molar-refractivity contribution in [3.63, 3.8) is 0 Å². The third-order valence-corrected chi connectivity index (χ3v) is 1.76. The summed E-state index contributed by atoms with van der Waals surface area (Å²) in [5.41, 5.74) is 1.07. The highest BCUT2D eigenvalue weighted by molar-refractivity contribution is 5.80. The highest BCUT2D eigenvalue weighted by atomic mass is 16.1. The van der Waals surface area contributed by atoms with Crippen molar-refractivity contribution in [2.24, 2.45) is 0 Å². The fraction of sp³-hybridized carbons (Fsp3) is 0.500. The van der Waals surface area contributed by atoms with E-state index in [9.17, 15) is 4.79 Å². The first-order valence-corrected chi connectivity index (χ1v) is 3.71. The number of rotatable bonds is 1. The SMILES string of the molecule is N#C/C(C=O)=C1/CCCCN1. The Balaban J connectivity index is 2.75. The number of piperidine rings is 1. The second kappa shape index (κ2) is 3.77. The first kappa shape index (κ1) is 7.80. The maximum Gasteiger partial charge on any atom is 0.162 e. The van der Waals surface area contributed by atoms with E-state index in [4.69, 9.17) is 5.26 Å². The number of hydrogen-bond acceptors (Lipinski definition) is 3. The quantitative estimate of drug-likeness (QED) is 0.340. The fourth-order valence-corrected chi connectivity index (χ4v) is 1.15. The molecule has 0 aromatic rings. The number of aldehydes is 1. The van der Waals surface area contributed by atoms with Crippen molar-refractivity contribution in [3.05, 3.63) is 11.3 Å². The first-order valence-electron chi connectivity index (χ1n) is 3.71. The molecule has 1 heterocycles. The second-order valence-electron chi connectivity index (χ2n) is 2.51. The number of carbonyl (C=O) groups is 1. The van der Waals surface area contributed by atoms with E-state index in [1.165, 1.54) is 0 Å². The van der Waals surface area contributed by atoms with Gasteiger partial charge in [0.1, 0.15) is 11.6 Å². The molecule has 0 aromatic heterocycles. The summed E-state index contributed by atoms with van der Waals surface area (Å²) < 4.78 is 0. The summed E-state index contributed by atoms with van der Waals surface area (Å²) in [5, 5.41) is 11.5. The predicted octanol–water partition coefficient (Wildman–Crippen LogP) is 0.736. The molecule has 1 N–H and O–H groups in total. The minimum atomic E-state index is 0.254. The lowest BCUT2D eigenvalue weighted by molar-refractivity contribution is -0.104. The van der Waals surface area contributed by atoms with E-state index in [2.05, 4.69) is 5.32 Å². The zero-order chi connectivity index (χ0) is 8.10. The average Bonchev–Trinajstić information content (AvgIpc) is 2.09. The summed E-state index contributed by atoms with van der Waals surface area (Å²) in [6, 6.07) is 1.87. The number of hydrogen-bond donors (Lipinski definition) is 1. The Morgan fingerprint density at radius 3 is 2.91 bits per heavy atom. The lowest BCUT2D eigenvalue weighted by atomic mass is 10.1. The number of nitriles is 1. The van der Waals surface area contributed by atoms with Crippen molar-refractivity contribution in [3.8, 4) is 6.07 Å². The van der Waals surface area contributed by atoms with Crippen LogP contribution in [0, 0.1) is 11.3 Å². The smallest absolute Gasteiger partial charge is 0.162 e. The molecule has 11 heavy (non-hydrogen) atoms. The summed E-state index contributed by atoms with van der Waals surface area (Å²) in [6.07, 6.45) is 3.65. The van der Waals surface area contributed by atoms with Crippen LogP contribution in [0.1, 0.15) is 19.3 Å². The van der Waals surface area contributed by atoms with Gasteiger partial charge >= 0.3 is 0 Å². The molecular formula is C8H10N2O. The van der Waals surface area contributed by atoms with E-state index in [-0.39, 0.29) is 5.57 Å². The average molecular weight is 150 g/mol. The van der Waals surface area contributed by atoms with E-state index < -0.39 is 0 Å². The van der Waals surface area contributed by atoms with Gasteiger partial charge in [-0.3, -0.25) is 4.79 Å². The third kappa shape index (κ3) is 1.81. The molecule has 1 rings (SSSR count). The fourth-order valence-electron chi connectivity index (χ4n) is 1.15. The molecular weight excluding hydrogens is 140 g/mol. The zero-order valence-electron chi connectivity index (χ0n) is 6.26. The van der Waals surface area contributed by atoms with E-state index in [1.807, 2.05) is 6.07 Å². The zero-order valence-corrected chi connectivity index (χ0v) is 6.26. The second-order valence-corrected chi connectivity index (χ2v) is 2.51. The van der Waals surface area contributed by atoms with Crippen LogP contribution in [0.5, 0.6) is 0 Å². The van der Waals surface area contributed by atoms with Crippen molar-refractivity contribution < 1.29 is 4.79 Å². The normalized spacial score (nSPS) is 21.4. The van der Waals surface area contributed by atoms with Crippen LogP contribution in [0.4, 0.5) is 0 Å². The van der Waals surface area contributed by atoms with Crippen LogP contribution in [0.2, 0.25) is 0 Å². The summed E-state index contributed by atoms with van der Waals surface area (Å²) in [6.45, 7) is 0.883. The standard InChI is InChI=1S/C8H10N2O/c9-5-7(6-11)8-3-1-2-4-10-8/h6,10H,1-4H2/b8-7+. The molecule has 1 aliphatic rings. The monoisotopic (exact) mass is 150 g/mol. The Bertz CT molecular complexity index is 217. The third-order valence-electron chi connectivity index (χ3n) is 1.76. The summed E-state index contributed by atoms with van der Waals surface area (Å²) >= 11 is 0. The molecule has 0 radical (unpaired) electrons. The topological polar surface area (TPSA) is 52.9 Å². The van der Waals surface area contributed by atoms with Gasteiger partial charge in [-0.1, -0.05) is 0 Å². The van der Waals surface area contributed by atoms with Gasteiger partial charge in [0.05, 0.1) is 0 Å². The Morgan fingerprint density at radius 2 is 2.45 bits per heavy atom. The Hall–Kier alpha value is -1.30. The van der Waals surface area contributed by atoms with Crippen LogP contribution in [0.15, 0.2) is 11.3 Å². The largest absolute Gasteiger partial charge is 0.387 e. The molecule has 0 aromatic carbocycles. The van der Waals surface area contributed by atoms with E-state index in [1.54, 1.807) is 0 Å². The first-order chi connectivity index (χ1) is 5.38. The van der Waals surface area contributed by atoms with Gasteiger partial charge < -0.3 is 5.32 Å². The number of nitrogens with zero attached hydrogens (tertiary/aromatic N) is 1. The van der Waals surface area contributed by atoms with Gasteiger partial charge in [0.15, 0.2) is 6.29 Å². The Morgan fingerprint density at radius 1 is 1.64 bits per heavy atom. The predicted molar refractivity (Wildman–Crippen MR) is 40.6 cm³/mol. The number of carbonyl (C=O) groups excluding carboxylic acids is 1. The van der Waals surface area contributed by atoms with Gasteiger partial charge in [-0.25, -0.2) is 0 Å². The lowest BCUT2D eigenvalue weighted by Gasteiger charge is -2.16. The molecule has 1 aliphatic heterocycles. The van der Waals surface area contributed by atoms with Crippen LogP contribution in [0.25, 0.3) is 0 Å². The van der Waals surface area contributed by atoms with Crippen LogP contribution in [-0.2, 0) is 4.79 Å². The minimum Gasteiger partial charge on any atom is -0.387 e. The highest BCUT2D eigenvalue weighted by Gasteiger charge is 2.08. The molecule has 0 unspecified atom stereocenters. The molecule has 0 spiro atoms. The molecule has 0 saturated carbocycles. The molecule has 3 nitrogen and oxygen atoms in total. The maximum absolute atomic E-state index is 10.3. The van der Waals surface area contributed by atoms with Crippen LogP contribution >= 0.6 is 0 Å². The molecule has 0 amide bonds. The van der Waals surface area contributed by atoms with Gasteiger partial charge in [0, 0.05) is 12.2 Å². The molecule has 3 heteroatoms. The van der Waals surface area contributed by atoms with Crippen molar-refractivity contribution in [2.45, 2.75) is 19.3 Å². The van der Waals surface area contributed by atoms with Crippen molar-refractivity contribution >= 4 is 6.29 Å². The van der Waals surface area contributed by atoms with Crippen LogP contribution < -0.4 is 5.32 Å². The molecule has 1 saturated heterocycles.